The SMILES string of the molecule is COc1cccc(/C(O)=C2/C(=O)C(=O)N(c3ccc(N4CCCCC4)cc3)C2c2ccc(C)o2)c1. The molecule has 1 unspecified atom stereocenters. The number of carbonyl (C=O) groups is 2. The summed E-state index contributed by atoms with van der Waals surface area (Å²) >= 11 is 0. The lowest BCUT2D eigenvalue weighted by Gasteiger charge is -2.29. The number of nitrogens with zero attached hydrogens (tertiary/aromatic N) is 2. The zero-order valence-corrected chi connectivity index (χ0v) is 19.9. The van der Waals surface area contributed by atoms with Crippen LogP contribution in [0.5, 0.6) is 5.75 Å². The highest BCUT2D eigenvalue weighted by Crippen LogP contribution is 2.43. The number of Topliss-reactive ketones (excluding diaryl/α,β-unsaturated/α-hetero) is 1. The maximum absolute atomic E-state index is 13.3. The second kappa shape index (κ2) is 9.33. The van der Waals surface area contributed by atoms with E-state index in [2.05, 4.69) is 4.90 Å². The van der Waals surface area contributed by atoms with Gasteiger partial charge >= 0.3 is 0 Å². The Morgan fingerprint density at radius 3 is 2.34 bits per heavy atom. The number of hydrogen-bond donors (Lipinski definition) is 1. The molecule has 1 amide bonds. The summed E-state index contributed by atoms with van der Waals surface area (Å²) in [6.45, 7) is 3.82. The van der Waals surface area contributed by atoms with Crippen LogP contribution in [0, 0.1) is 6.92 Å². The fraction of sp³-hybridized carbons (Fsp3) is 0.286. The highest BCUT2D eigenvalue weighted by atomic mass is 16.5. The summed E-state index contributed by atoms with van der Waals surface area (Å²) in [5.41, 5.74) is 2.03. The van der Waals surface area contributed by atoms with Gasteiger partial charge in [-0.2, -0.15) is 0 Å². The maximum atomic E-state index is 13.3. The third-order valence-corrected chi connectivity index (χ3v) is 6.67. The molecule has 0 bridgehead atoms. The number of ketones is 1. The zero-order valence-electron chi connectivity index (χ0n) is 19.9. The number of aryl methyl sites for hydroxylation is 1. The van der Waals surface area contributed by atoms with Gasteiger partial charge in [-0.05, 0) is 74.7 Å². The van der Waals surface area contributed by atoms with Gasteiger partial charge in [-0.25, -0.2) is 0 Å². The Bertz CT molecular complexity index is 1280. The van der Waals surface area contributed by atoms with Crippen molar-refractivity contribution < 1.29 is 23.8 Å². The van der Waals surface area contributed by atoms with Gasteiger partial charge in [0, 0.05) is 30.0 Å². The molecule has 5 rings (SSSR count). The van der Waals surface area contributed by atoms with Gasteiger partial charge in [-0.15, -0.1) is 0 Å². The van der Waals surface area contributed by atoms with E-state index in [1.54, 1.807) is 43.3 Å². The van der Waals surface area contributed by atoms with Gasteiger partial charge in [0.2, 0.25) is 0 Å². The molecule has 0 radical (unpaired) electrons. The number of amides is 1. The molecule has 1 atom stereocenters. The second-order valence-electron chi connectivity index (χ2n) is 8.91. The van der Waals surface area contributed by atoms with Crippen molar-refractivity contribution in [2.45, 2.75) is 32.2 Å². The van der Waals surface area contributed by atoms with Gasteiger partial charge < -0.3 is 19.2 Å². The van der Waals surface area contributed by atoms with E-state index in [1.165, 1.54) is 31.3 Å². The van der Waals surface area contributed by atoms with Crippen molar-refractivity contribution in [1.82, 2.24) is 0 Å². The molecular weight excluding hydrogens is 444 g/mol. The number of aliphatic hydroxyl groups is 1. The van der Waals surface area contributed by atoms with Crippen LogP contribution in [0.15, 0.2) is 70.7 Å². The van der Waals surface area contributed by atoms with Gasteiger partial charge in [0.15, 0.2) is 0 Å². The fourth-order valence-electron chi connectivity index (χ4n) is 4.87. The van der Waals surface area contributed by atoms with Gasteiger partial charge in [0.25, 0.3) is 11.7 Å². The topological polar surface area (TPSA) is 83.2 Å². The molecule has 2 fully saturated rings. The summed E-state index contributed by atoms with van der Waals surface area (Å²) in [6.07, 6.45) is 3.58. The molecule has 35 heavy (non-hydrogen) atoms. The van der Waals surface area contributed by atoms with Crippen molar-refractivity contribution in [1.29, 1.82) is 0 Å². The Morgan fingerprint density at radius 1 is 0.971 bits per heavy atom. The lowest BCUT2D eigenvalue weighted by atomic mass is 9.99. The highest BCUT2D eigenvalue weighted by molar-refractivity contribution is 6.51. The molecule has 2 aliphatic heterocycles. The number of carbonyl (C=O) groups excluding carboxylic acids is 2. The summed E-state index contributed by atoms with van der Waals surface area (Å²) < 4.78 is 11.1. The molecular formula is C28H28N2O5. The van der Waals surface area contributed by atoms with Crippen LogP contribution in [0.4, 0.5) is 11.4 Å². The average Bonchev–Trinajstić information content (AvgIpc) is 3.44. The number of anilines is 2. The van der Waals surface area contributed by atoms with Crippen LogP contribution < -0.4 is 14.5 Å². The van der Waals surface area contributed by atoms with Gasteiger partial charge in [-0.3, -0.25) is 14.5 Å². The van der Waals surface area contributed by atoms with Gasteiger partial charge in [0.05, 0.1) is 12.7 Å². The number of furan rings is 1. The second-order valence-corrected chi connectivity index (χ2v) is 8.91. The Morgan fingerprint density at radius 2 is 1.69 bits per heavy atom. The van der Waals surface area contributed by atoms with E-state index in [1.807, 2.05) is 24.3 Å². The predicted molar refractivity (Wildman–Crippen MR) is 134 cm³/mol. The van der Waals surface area contributed by atoms with E-state index in [-0.39, 0.29) is 11.3 Å². The minimum atomic E-state index is -0.893. The molecule has 1 aromatic heterocycles. The molecule has 7 heteroatoms. The first-order valence-electron chi connectivity index (χ1n) is 11.8. The molecule has 2 saturated heterocycles. The quantitative estimate of drug-likeness (QED) is 0.312. The lowest BCUT2D eigenvalue weighted by Crippen LogP contribution is -2.30. The Hall–Kier alpha value is -4.00. The zero-order chi connectivity index (χ0) is 24.5. The first-order valence-corrected chi connectivity index (χ1v) is 11.8. The Kier molecular flexibility index (Phi) is 6.07. The van der Waals surface area contributed by atoms with Crippen LogP contribution in [0.3, 0.4) is 0 Å². The lowest BCUT2D eigenvalue weighted by molar-refractivity contribution is -0.132. The molecule has 0 spiro atoms. The summed E-state index contributed by atoms with van der Waals surface area (Å²) in [6, 6.07) is 17.0. The van der Waals surface area contributed by atoms with Gasteiger partial charge in [-0.1, -0.05) is 12.1 Å². The normalized spacial score (nSPS) is 19.9. The monoisotopic (exact) mass is 472 g/mol. The standard InChI is InChI=1S/C28H28N2O5/c1-18-9-14-23(35-18)25-24(26(31)19-7-6-8-22(17-19)34-2)27(32)28(33)30(25)21-12-10-20(11-13-21)29-15-4-3-5-16-29/h6-14,17,25,31H,3-5,15-16H2,1-2H3/b26-24-. The molecule has 1 N–H and O–H groups in total. The molecule has 3 heterocycles. The minimum Gasteiger partial charge on any atom is -0.507 e. The maximum Gasteiger partial charge on any atom is 0.300 e. The van der Waals surface area contributed by atoms with Crippen LogP contribution in [0.1, 0.15) is 42.4 Å². The molecule has 7 nitrogen and oxygen atoms in total. The molecule has 0 aliphatic carbocycles. The summed E-state index contributed by atoms with van der Waals surface area (Å²) in [4.78, 5) is 30.3. The van der Waals surface area contributed by atoms with E-state index in [0.29, 0.717) is 28.5 Å². The van der Waals surface area contributed by atoms with Crippen molar-refractivity contribution in [3.63, 3.8) is 0 Å². The van der Waals surface area contributed by atoms with E-state index < -0.39 is 17.7 Å². The number of aliphatic hydroxyl groups excluding tert-OH is 1. The van der Waals surface area contributed by atoms with E-state index in [4.69, 9.17) is 9.15 Å². The predicted octanol–water partition coefficient (Wildman–Crippen LogP) is 5.21. The molecule has 2 aliphatic rings. The number of rotatable bonds is 5. The Balaban J connectivity index is 1.59. The van der Waals surface area contributed by atoms with E-state index in [0.717, 1.165) is 18.8 Å². The number of hydrogen-bond acceptors (Lipinski definition) is 6. The van der Waals surface area contributed by atoms with Crippen molar-refractivity contribution >= 4 is 28.8 Å². The van der Waals surface area contributed by atoms with Crippen LogP contribution in [0.25, 0.3) is 5.76 Å². The van der Waals surface area contributed by atoms with Crippen LogP contribution in [-0.4, -0.2) is 37.0 Å². The smallest absolute Gasteiger partial charge is 0.300 e. The molecule has 0 saturated carbocycles. The van der Waals surface area contributed by atoms with Crippen LogP contribution >= 0.6 is 0 Å². The van der Waals surface area contributed by atoms with E-state index in [9.17, 15) is 14.7 Å². The van der Waals surface area contributed by atoms with Crippen molar-refractivity contribution in [2.24, 2.45) is 0 Å². The third kappa shape index (κ3) is 4.18. The molecule has 180 valence electrons. The first kappa shape index (κ1) is 22.8. The number of methoxy groups -OCH3 is 1. The minimum absolute atomic E-state index is 0.0160. The van der Waals surface area contributed by atoms with E-state index >= 15 is 0 Å². The Labute approximate surface area is 204 Å². The summed E-state index contributed by atoms with van der Waals surface area (Å²) in [7, 11) is 1.53. The summed E-state index contributed by atoms with van der Waals surface area (Å²) in [5, 5.41) is 11.2. The van der Waals surface area contributed by atoms with Crippen molar-refractivity contribution in [2.75, 3.05) is 30.0 Å². The summed E-state index contributed by atoms with van der Waals surface area (Å²) in [5.74, 6) is -0.155. The van der Waals surface area contributed by atoms with Crippen molar-refractivity contribution in [3.8, 4) is 5.75 Å². The van der Waals surface area contributed by atoms with Crippen LogP contribution in [0.2, 0.25) is 0 Å². The first-order chi connectivity index (χ1) is 17.0. The third-order valence-electron chi connectivity index (χ3n) is 6.67. The highest BCUT2D eigenvalue weighted by Gasteiger charge is 2.48. The average molecular weight is 473 g/mol. The van der Waals surface area contributed by atoms with Gasteiger partial charge in [0.1, 0.15) is 29.1 Å². The number of ether oxygens (including phenoxy) is 1. The number of piperidine rings is 1. The van der Waals surface area contributed by atoms with Crippen molar-refractivity contribution in [3.05, 3.63) is 83.3 Å². The number of benzene rings is 2. The largest absolute Gasteiger partial charge is 0.507 e. The molecule has 3 aromatic rings. The molecule has 2 aromatic carbocycles. The fourth-order valence-corrected chi connectivity index (χ4v) is 4.87. The van der Waals surface area contributed by atoms with Crippen LogP contribution in [-0.2, 0) is 9.59 Å².